The van der Waals surface area contributed by atoms with E-state index in [4.69, 9.17) is 4.74 Å². The second-order valence-corrected chi connectivity index (χ2v) is 6.97. The van der Waals surface area contributed by atoms with Gasteiger partial charge in [0.15, 0.2) is 0 Å². The summed E-state index contributed by atoms with van der Waals surface area (Å²) in [6.07, 6.45) is 5.56. The molecular weight excluding hydrogens is 340 g/mol. The smallest absolute Gasteiger partial charge is 0.227 e. The number of rotatable bonds is 7. The molecule has 6 heteroatoms. The Bertz CT molecular complexity index is 740. The van der Waals surface area contributed by atoms with Crippen molar-refractivity contribution in [3.8, 4) is 5.75 Å². The van der Waals surface area contributed by atoms with Crippen LogP contribution < -0.4 is 15.0 Å². The highest BCUT2D eigenvalue weighted by Crippen LogP contribution is 2.23. The zero-order valence-corrected chi connectivity index (χ0v) is 16.1. The molecule has 0 bridgehead atoms. The van der Waals surface area contributed by atoms with Gasteiger partial charge in [-0.3, -0.25) is 4.79 Å². The quantitative estimate of drug-likeness (QED) is 0.753. The van der Waals surface area contributed by atoms with Gasteiger partial charge in [0.2, 0.25) is 11.9 Å². The summed E-state index contributed by atoms with van der Waals surface area (Å²) in [5.41, 5.74) is 1.77. The van der Waals surface area contributed by atoms with E-state index in [1.54, 1.807) is 6.20 Å². The standard InChI is InChI=1S/C21H28N4O2/c1-3-4-15-27-19-7-5-18(6-8-19)24-20(26)17-10-13-25(14-11-17)21-22-12-9-16(2)23-21/h5-9,12,17H,3-4,10-11,13-15H2,1-2H3,(H,24,26). The molecule has 27 heavy (non-hydrogen) atoms. The predicted molar refractivity (Wildman–Crippen MR) is 107 cm³/mol. The van der Waals surface area contributed by atoms with Crippen LogP contribution in [0.3, 0.4) is 0 Å². The minimum atomic E-state index is 0.0199. The fraction of sp³-hybridized carbons (Fsp3) is 0.476. The van der Waals surface area contributed by atoms with E-state index in [-0.39, 0.29) is 11.8 Å². The third-order valence-corrected chi connectivity index (χ3v) is 4.82. The largest absolute Gasteiger partial charge is 0.494 e. The number of anilines is 2. The van der Waals surface area contributed by atoms with Gasteiger partial charge in [0.25, 0.3) is 0 Å². The van der Waals surface area contributed by atoms with Crippen molar-refractivity contribution in [3.05, 3.63) is 42.2 Å². The molecule has 0 aliphatic carbocycles. The molecule has 144 valence electrons. The Balaban J connectivity index is 1.48. The summed E-state index contributed by atoms with van der Waals surface area (Å²) in [5, 5.41) is 3.03. The maximum absolute atomic E-state index is 12.6. The van der Waals surface area contributed by atoms with Crippen LogP contribution in [0.2, 0.25) is 0 Å². The lowest BCUT2D eigenvalue weighted by molar-refractivity contribution is -0.120. The summed E-state index contributed by atoms with van der Waals surface area (Å²) in [6.45, 7) is 6.43. The number of benzene rings is 1. The maximum atomic E-state index is 12.6. The van der Waals surface area contributed by atoms with Gasteiger partial charge in [0.1, 0.15) is 5.75 Å². The fourth-order valence-corrected chi connectivity index (χ4v) is 3.14. The van der Waals surface area contributed by atoms with E-state index in [1.165, 1.54) is 0 Å². The molecule has 3 rings (SSSR count). The van der Waals surface area contributed by atoms with Crippen molar-refractivity contribution < 1.29 is 9.53 Å². The Morgan fingerprint density at radius 3 is 2.63 bits per heavy atom. The molecule has 1 fully saturated rings. The van der Waals surface area contributed by atoms with E-state index in [0.717, 1.165) is 68.5 Å². The summed E-state index contributed by atoms with van der Waals surface area (Å²) >= 11 is 0. The molecule has 1 aromatic carbocycles. The minimum absolute atomic E-state index is 0.0199. The average molecular weight is 368 g/mol. The molecule has 1 saturated heterocycles. The van der Waals surface area contributed by atoms with Crippen LogP contribution in [0.25, 0.3) is 0 Å². The van der Waals surface area contributed by atoms with Crippen molar-refractivity contribution in [3.63, 3.8) is 0 Å². The van der Waals surface area contributed by atoms with Crippen molar-refractivity contribution in [2.75, 3.05) is 29.9 Å². The van der Waals surface area contributed by atoms with E-state index in [9.17, 15) is 4.79 Å². The number of nitrogens with zero attached hydrogens (tertiary/aromatic N) is 3. The van der Waals surface area contributed by atoms with Crippen molar-refractivity contribution >= 4 is 17.5 Å². The third kappa shape index (κ3) is 5.42. The van der Waals surface area contributed by atoms with Crippen LogP contribution in [-0.4, -0.2) is 35.6 Å². The van der Waals surface area contributed by atoms with Gasteiger partial charge in [0.05, 0.1) is 6.61 Å². The lowest BCUT2D eigenvalue weighted by atomic mass is 9.96. The summed E-state index contributed by atoms with van der Waals surface area (Å²) in [7, 11) is 0. The molecule has 6 nitrogen and oxygen atoms in total. The van der Waals surface area contributed by atoms with Crippen LogP contribution >= 0.6 is 0 Å². The molecule has 1 N–H and O–H groups in total. The Morgan fingerprint density at radius 2 is 1.96 bits per heavy atom. The average Bonchev–Trinajstić information content (AvgIpc) is 2.69. The minimum Gasteiger partial charge on any atom is -0.494 e. The molecule has 2 heterocycles. The van der Waals surface area contributed by atoms with E-state index >= 15 is 0 Å². The van der Waals surface area contributed by atoms with Crippen LogP contribution in [0.15, 0.2) is 36.5 Å². The first-order valence-corrected chi connectivity index (χ1v) is 9.74. The zero-order chi connectivity index (χ0) is 19.1. The molecule has 0 spiro atoms. The van der Waals surface area contributed by atoms with Gasteiger partial charge in [-0.2, -0.15) is 0 Å². The third-order valence-electron chi connectivity index (χ3n) is 4.82. The molecule has 2 aromatic rings. The van der Waals surface area contributed by atoms with Gasteiger partial charge < -0.3 is 15.0 Å². The highest BCUT2D eigenvalue weighted by Gasteiger charge is 2.26. The first kappa shape index (κ1) is 19.1. The molecule has 1 aliphatic rings. The summed E-state index contributed by atoms with van der Waals surface area (Å²) in [6, 6.07) is 9.50. The Morgan fingerprint density at radius 1 is 1.22 bits per heavy atom. The fourth-order valence-electron chi connectivity index (χ4n) is 3.14. The van der Waals surface area contributed by atoms with Crippen LogP contribution in [0, 0.1) is 12.8 Å². The monoisotopic (exact) mass is 368 g/mol. The number of unbranched alkanes of at least 4 members (excludes halogenated alkanes) is 1. The van der Waals surface area contributed by atoms with Gasteiger partial charge >= 0.3 is 0 Å². The van der Waals surface area contributed by atoms with Crippen molar-refractivity contribution in [1.82, 2.24) is 9.97 Å². The number of aromatic nitrogens is 2. The second-order valence-electron chi connectivity index (χ2n) is 6.97. The molecule has 0 saturated carbocycles. The molecular formula is C21H28N4O2. The second kappa shape index (κ2) is 9.35. The molecule has 0 unspecified atom stereocenters. The van der Waals surface area contributed by atoms with E-state index in [0.29, 0.717) is 0 Å². The summed E-state index contributed by atoms with van der Waals surface area (Å²) in [5.74, 6) is 1.70. The summed E-state index contributed by atoms with van der Waals surface area (Å²) < 4.78 is 5.65. The number of carbonyl (C=O) groups is 1. The lowest BCUT2D eigenvalue weighted by Gasteiger charge is -2.31. The van der Waals surface area contributed by atoms with Crippen LogP contribution in [0.1, 0.15) is 38.3 Å². The number of ether oxygens (including phenoxy) is 1. The van der Waals surface area contributed by atoms with E-state index < -0.39 is 0 Å². The number of nitrogens with one attached hydrogen (secondary N) is 1. The number of hydrogen-bond acceptors (Lipinski definition) is 5. The first-order valence-electron chi connectivity index (χ1n) is 9.74. The number of hydrogen-bond donors (Lipinski definition) is 1. The van der Waals surface area contributed by atoms with Crippen molar-refractivity contribution in [2.24, 2.45) is 5.92 Å². The molecule has 0 atom stereocenters. The Kier molecular flexibility index (Phi) is 6.63. The lowest BCUT2D eigenvalue weighted by Crippen LogP contribution is -2.39. The van der Waals surface area contributed by atoms with E-state index in [2.05, 4.69) is 27.1 Å². The number of piperidine rings is 1. The highest BCUT2D eigenvalue weighted by molar-refractivity contribution is 5.92. The topological polar surface area (TPSA) is 67.3 Å². The normalized spacial score (nSPS) is 14.8. The van der Waals surface area contributed by atoms with Gasteiger partial charge in [0, 0.05) is 36.6 Å². The molecule has 1 amide bonds. The number of carbonyl (C=O) groups excluding carboxylic acids is 1. The van der Waals surface area contributed by atoms with Gasteiger partial charge in [-0.15, -0.1) is 0 Å². The first-order chi connectivity index (χ1) is 13.2. The van der Waals surface area contributed by atoms with Crippen molar-refractivity contribution in [1.29, 1.82) is 0 Å². The molecule has 0 radical (unpaired) electrons. The van der Waals surface area contributed by atoms with Gasteiger partial charge in [-0.25, -0.2) is 9.97 Å². The van der Waals surface area contributed by atoms with Crippen LogP contribution in [-0.2, 0) is 4.79 Å². The Labute approximate surface area is 161 Å². The van der Waals surface area contributed by atoms with Gasteiger partial charge in [-0.1, -0.05) is 13.3 Å². The predicted octanol–water partition coefficient (Wildman–Crippen LogP) is 3.82. The van der Waals surface area contributed by atoms with Gasteiger partial charge in [-0.05, 0) is 56.5 Å². The molecule has 1 aliphatic heterocycles. The SMILES string of the molecule is CCCCOc1ccc(NC(=O)C2CCN(c3nccc(C)n3)CC2)cc1. The number of amides is 1. The van der Waals surface area contributed by atoms with Crippen LogP contribution in [0.4, 0.5) is 11.6 Å². The number of aryl methyl sites for hydroxylation is 1. The zero-order valence-electron chi connectivity index (χ0n) is 16.1. The highest BCUT2D eigenvalue weighted by atomic mass is 16.5. The maximum Gasteiger partial charge on any atom is 0.227 e. The van der Waals surface area contributed by atoms with Crippen LogP contribution in [0.5, 0.6) is 5.75 Å². The molecule has 1 aromatic heterocycles. The van der Waals surface area contributed by atoms with E-state index in [1.807, 2.05) is 37.3 Å². The summed E-state index contributed by atoms with van der Waals surface area (Å²) in [4.78, 5) is 23.5. The van der Waals surface area contributed by atoms with Crippen molar-refractivity contribution in [2.45, 2.75) is 39.5 Å². The Hall–Kier alpha value is -2.63.